The Kier molecular flexibility index (Phi) is 3.53. The first-order valence-electron chi connectivity index (χ1n) is 5.16. The van der Waals surface area contributed by atoms with Crippen molar-refractivity contribution in [2.45, 2.75) is 33.6 Å². The van der Waals surface area contributed by atoms with Gasteiger partial charge < -0.3 is 4.57 Å². The Hall–Kier alpha value is -1.57. The van der Waals surface area contributed by atoms with Gasteiger partial charge in [-0.2, -0.15) is 0 Å². The predicted octanol–water partition coefficient (Wildman–Crippen LogP) is 3.81. The highest BCUT2D eigenvalue weighted by atomic mass is 15.0. The first-order chi connectivity index (χ1) is 7.07. The third-order valence-electron chi connectivity index (χ3n) is 2.54. The fourth-order valence-electron chi connectivity index (χ4n) is 1.55. The van der Waals surface area contributed by atoms with Gasteiger partial charge in [0.1, 0.15) is 0 Å². The minimum atomic E-state index is 0. The molecule has 0 bridgehead atoms. The van der Waals surface area contributed by atoms with Gasteiger partial charge in [0.15, 0.2) is 0 Å². The number of aromatic nitrogens is 2. The molecule has 0 radical (unpaired) electrons. The van der Waals surface area contributed by atoms with Crippen molar-refractivity contribution in [2.24, 2.45) is 0 Å². The van der Waals surface area contributed by atoms with Crippen LogP contribution in [0, 0.1) is 0 Å². The molecule has 1 aromatic heterocycles. The van der Waals surface area contributed by atoms with Crippen molar-refractivity contribution in [3.63, 3.8) is 0 Å². The summed E-state index contributed by atoms with van der Waals surface area (Å²) >= 11 is 0. The van der Waals surface area contributed by atoms with Crippen LogP contribution in [0.2, 0.25) is 0 Å². The van der Waals surface area contributed by atoms with E-state index in [1.807, 2.05) is 17.1 Å². The van der Waals surface area contributed by atoms with Gasteiger partial charge in [0, 0.05) is 18.1 Å². The molecule has 2 aromatic rings. The zero-order valence-corrected chi connectivity index (χ0v) is 9.44. The largest absolute Gasteiger partial charge is 0.306 e. The molecule has 0 N–H and O–H groups in total. The van der Waals surface area contributed by atoms with Crippen molar-refractivity contribution in [2.75, 3.05) is 0 Å². The van der Waals surface area contributed by atoms with E-state index in [0.717, 1.165) is 5.69 Å². The molecule has 0 unspecified atom stereocenters. The Morgan fingerprint density at radius 2 is 1.69 bits per heavy atom. The first kappa shape index (κ1) is 12.5. The van der Waals surface area contributed by atoms with E-state index < -0.39 is 0 Å². The molecule has 1 aromatic carbocycles. The Labute approximate surface area is 98.0 Å². The molecule has 0 saturated carbocycles. The quantitative estimate of drug-likeness (QED) is 0.709. The molecule has 16 heavy (non-hydrogen) atoms. The maximum absolute atomic E-state index is 4.03. The second-order valence-corrected chi connectivity index (χ2v) is 4.77. The molecule has 0 spiro atoms. The van der Waals surface area contributed by atoms with Crippen molar-refractivity contribution < 1.29 is 0 Å². The average molecular weight is 216 g/mol. The smallest absolute Gasteiger partial charge is 0.0991 e. The average Bonchev–Trinajstić information content (AvgIpc) is 2.69. The SMILES string of the molecule is C.CC(C)(C)c1ccc(-n2ccnc2)cc1. The molecule has 0 aliphatic heterocycles. The summed E-state index contributed by atoms with van der Waals surface area (Å²) in [7, 11) is 0. The molecule has 2 rings (SSSR count). The minimum absolute atomic E-state index is 0. The molecule has 0 aliphatic rings. The van der Waals surface area contributed by atoms with Crippen LogP contribution in [0.15, 0.2) is 43.0 Å². The molecular weight excluding hydrogens is 196 g/mol. The van der Waals surface area contributed by atoms with Crippen LogP contribution in [-0.4, -0.2) is 9.55 Å². The van der Waals surface area contributed by atoms with Crippen LogP contribution >= 0.6 is 0 Å². The highest BCUT2D eigenvalue weighted by Crippen LogP contribution is 2.22. The number of nitrogens with zero attached hydrogens (tertiary/aromatic N) is 2. The van der Waals surface area contributed by atoms with E-state index in [2.05, 4.69) is 50.0 Å². The van der Waals surface area contributed by atoms with Crippen molar-refractivity contribution in [3.05, 3.63) is 48.5 Å². The van der Waals surface area contributed by atoms with Crippen molar-refractivity contribution in [3.8, 4) is 5.69 Å². The van der Waals surface area contributed by atoms with E-state index in [0.29, 0.717) is 0 Å². The second-order valence-electron chi connectivity index (χ2n) is 4.77. The summed E-state index contributed by atoms with van der Waals surface area (Å²) in [5, 5.41) is 0. The number of rotatable bonds is 1. The molecule has 2 heteroatoms. The fraction of sp³-hybridized carbons (Fsp3) is 0.357. The van der Waals surface area contributed by atoms with Gasteiger partial charge in [-0.25, -0.2) is 4.98 Å². The molecule has 86 valence electrons. The maximum Gasteiger partial charge on any atom is 0.0991 e. The summed E-state index contributed by atoms with van der Waals surface area (Å²) in [5.74, 6) is 0. The number of benzene rings is 1. The van der Waals surface area contributed by atoms with Gasteiger partial charge in [0.2, 0.25) is 0 Å². The standard InChI is InChI=1S/C13H16N2.CH4/c1-13(2,3)11-4-6-12(7-5-11)15-9-8-14-10-15;/h4-10H,1-3H3;1H4. The van der Waals surface area contributed by atoms with E-state index in [1.165, 1.54) is 5.56 Å². The van der Waals surface area contributed by atoms with Gasteiger partial charge in [-0.1, -0.05) is 40.3 Å². The van der Waals surface area contributed by atoms with E-state index in [4.69, 9.17) is 0 Å². The second kappa shape index (κ2) is 4.52. The van der Waals surface area contributed by atoms with E-state index in [1.54, 1.807) is 6.20 Å². The summed E-state index contributed by atoms with van der Waals surface area (Å²) in [5.41, 5.74) is 2.72. The predicted molar refractivity (Wildman–Crippen MR) is 69.0 cm³/mol. The van der Waals surface area contributed by atoms with Gasteiger partial charge in [0.25, 0.3) is 0 Å². The summed E-state index contributed by atoms with van der Waals surface area (Å²) in [6, 6.07) is 8.61. The van der Waals surface area contributed by atoms with Gasteiger partial charge in [-0.15, -0.1) is 0 Å². The number of hydrogen-bond acceptors (Lipinski definition) is 1. The third kappa shape index (κ3) is 2.51. The molecule has 0 amide bonds. The van der Waals surface area contributed by atoms with E-state index >= 15 is 0 Å². The lowest BCUT2D eigenvalue weighted by atomic mass is 9.87. The normalized spacial score (nSPS) is 10.9. The Morgan fingerprint density at radius 3 is 2.12 bits per heavy atom. The number of hydrogen-bond donors (Lipinski definition) is 0. The Balaban J connectivity index is 0.00000128. The molecule has 0 aliphatic carbocycles. The number of imidazole rings is 1. The van der Waals surface area contributed by atoms with Crippen LogP contribution in [0.1, 0.15) is 33.8 Å². The summed E-state index contributed by atoms with van der Waals surface area (Å²) in [4.78, 5) is 4.03. The maximum atomic E-state index is 4.03. The highest BCUT2D eigenvalue weighted by Gasteiger charge is 2.12. The Bertz CT molecular complexity index is 419. The van der Waals surface area contributed by atoms with Crippen LogP contribution in [0.3, 0.4) is 0 Å². The van der Waals surface area contributed by atoms with Gasteiger partial charge in [-0.05, 0) is 23.1 Å². The molecule has 0 atom stereocenters. The summed E-state index contributed by atoms with van der Waals surface area (Å²) in [6.07, 6.45) is 5.55. The zero-order chi connectivity index (χ0) is 10.9. The van der Waals surface area contributed by atoms with Crippen LogP contribution in [0.5, 0.6) is 0 Å². The molecular formula is C14H20N2. The van der Waals surface area contributed by atoms with Crippen LogP contribution in [0.25, 0.3) is 5.69 Å². The third-order valence-corrected chi connectivity index (χ3v) is 2.54. The lowest BCUT2D eigenvalue weighted by Gasteiger charge is -2.19. The monoisotopic (exact) mass is 216 g/mol. The van der Waals surface area contributed by atoms with E-state index in [9.17, 15) is 0 Å². The lowest BCUT2D eigenvalue weighted by molar-refractivity contribution is 0.590. The fourth-order valence-corrected chi connectivity index (χ4v) is 1.55. The zero-order valence-electron chi connectivity index (χ0n) is 9.44. The Morgan fingerprint density at radius 1 is 1.06 bits per heavy atom. The highest BCUT2D eigenvalue weighted by molar-refractivity contribution is 5.36. The van der Waals surface area contributed by atoms with Crippen molar-refractivity contribution in [1.29, 1.82) is 0 Å². The summed E-state index contributed by atoms with van der Waals surface area (Å²) in [6.45, 7) is 6.66. The molecule has 0 saturated heterocycles. The topological polar surface area (TPSA) is 17.8 Å². The van der Waals surface area contributed by atoms with Crippen LogP contribution < -0.4 is 0 Å². The van der Waals surface area contributed by atoms with E-state index in [-0.39, 0.29) is 12.8 Å². The van der Waals surface area contributed by atoms with Gasteiger partial charge in [0.05, 0.1) is 6.33 Å². The molecule has 1 heterocycles. The minimum Gasteiger partial charge on any atom is -0.306 e. The molecule has 0 fully saturated rings. The van der Waals surface area contributed by atoms with Crippen LogP contribution in [0.4, 0.5) is 0 Å². The van der Waals surface area contributed by atoms with Crippen LogP contribution in [-0.2, 0) is 5.41 Å². The van der Waals surface area contributed by atoms with Crippen molar-refractivity contribution >= 4 is 0 Å². The van der Waals surface area contributed by atoms with Crippen molar-refractivity contribution in [1.82, 2.24) is 9.55 Å². The molecule has 2 nitrogen and oxygen atoms in total. The summed E-state index contributed by atoms with van der Waals surface area (Å²) < 4.78 is 2.01. The van der Waals surface area contributed by atoms with Gasteiger partial charge in [-0.3, -0.25) is 0 Å². The lowest BCUT2D eigenvalue weighted by Crippen LogP contribution is -2.10. The van der Waals surface area contributed by atoms with Gasteiger partial charge >= 0.3 is 0 Å². The first-order valence-corrected chi connectivity index (χ1v) is 5.16.